The zero-order valence-electron chi connectivity index (χ0n) is 15.3. The minimum atomic E-state index is -0.0334. The molecule has 4 rings (SSSR count). The van der Waals surface area contributed by atoms with Crippen LogP contribution in [0.2, 0.25) is 0 Å². The van der Waals surface area contributed by atoms with E-state index >= 15 is 0 Å². The minimum Gasteiger partial charge on any atom is -0.497 e. The minimum absolute atomic E-state index is 0.0334. The predicted molar refractivity (Wildman–Crippen MR) is 106 cm³/mol. The number of hydrogen-bond donors (Lipinski definition) is 1. The van der Waals surface area contributed by atoms with Crippen molar-refractivity contribution in [2.45, 2.75) is 45.1 Å². The van der Waals surface area contributed by atoms with Crippen LogP contribution in [-0.2, 0) is 19.4 Å². The van der Waals surface area contributed by atoms with Crippen LogP contribution in [0.5, 0.6) is 5.75 Å². The second kappa shape index (κ2) is 7.80. The molecule has 2 aromatic rings. The van der Waals surface area contributed by atoms with Gasteiger partial charge in [0, 0.05) is 22.5 Å². The quantitative estimate of drug-likeness (QED) is 0.843. The van der Waals surface area contributed by atoms with Gasteiger partial charge in [-0.05, 0) is 81.4 Å². The number of rotatable bonds is 5. The van der Waals surface area contributed by atoms with Gasteiger partial charge in [0.1, 0.15) is 10.8 Å². The smallest absolute Gasteiger partial charge is 0.256 e. The third kappa shape index (κ3) is 3.64. The molecule has 1 N–H and O–H groups in total. The molecule has 5 heteroatoms. The van der Waals surface area contributed by atoms with Gasteiger partial charge in [-0.15, -0.1) is 11.3 Å². The van der Waals surface area contributed by atoms with Gasteiger partial charge in [-0.3, -0.25) is 9.69 Å². The summed E-state index contributed by atoms with van der Waals surface area (Å²) < 4.78 is 5.18. The van der Waals surface area contributed by atoms with E-state index in [1.54, 1.807) is 18.4 Å². The van der Waals surface area contributed by atoms with E-state index in [9.17, 15) is 4.79 Å². The first-order chi connectivity index (χ1) is 12.7. The molecular weight excluding hydrogens is 344 g/mol. The van der Waals surface area contributed by atoms with Crippen molar-refractivity contribution in [2.75, 3.05) is 25.5 Å². The number of ether oxygens (including phenoxy) is 1. The van der Waals surface area contributed by atoms with E-state index in [0.29, 0.717) is 5.56 Å². The molecule has 0 saturated carbocycles. The van der Waals surface area contributed by atoms with E-state index in [1.165, 1.54) is 54.8 Å². The number of anilines is 1. The molecule has 1 aliphatic carbocycles. The van der Waals surface area contributed by atoms with Crippen molar-refractivity contribution < 1.29 is 9.53 Å². The molecule has 1 aromatic carbocycles. The van der Waals surface area contributed by atoms with Crippen LogP contribution in [0.25, 0.3) is 0 Å². The summed E-state index contributed by atoms with van der Waals surface area (Å²) in [6, 6.07) is 7.31. The normalized spacial score (nSPS) is 17.1. The van der Waals surface area contributed by atoms with Gasteiger partial charge < -0.3 is 10.1 Å². The van der Waals surface area contributed by atoms with Crippen molar-refractivity contribution in [3.8, 4) is 5.75 Å². The van der Waals surface area contributed by atoms with E-state index in [2.05, 4.69) is 10.2 Å². The Labute approximate surface area is 159 Å². The second-order valence-electron chi connectivity index (χ2n) is 7.18. The van der Waals surface area contributed by atoms with Gasteiger partial charge in [0.2, 0.25) is 0 Å². The van der Waals surface area contributed by atoms with Crippen LogP contribution >= 0.6 is 11.3 Å². The van der Waals surface area contributed by atoms with Gasteiger partial charge in [0.15, 0.2) is 0 Å². The van der Waals surface area contributed by atoms with Crippen LogP contribution in [0.3, 0.4) is 0 Å². The number of hydrogen-bond acceptors (Lipinski definition) is 4. The molecule has 1 saturated heterocycles. The SMILES string of the molecule is COc1ccc(C(=O)Nc2sc3c(c2CN2CCCC2)CCCC3)cc1. The lowest BCUT2D eigenvalue weighted by Crippen LogP contribution is -2.21. The zero-order valence-corrected chi connectivity index (χ0v) is 16.2. The Kier molecular flexibility index (Phi) is 5.27. The molecule has 0 unspecified atom stereocenters. The number of aryl methyl sites for hydroxylation is 1. The van der Waals surface area contributed by atoms with Crippen molar-refractivity contribution in [1.82, 2.24) is 4.90 Å². The Morgan fingerprint density at radius 2 is 1.85 bits per heavy atom. The average molecular weight is 371 g/mol. The molecule has 138 valence electrons. The van der Waals surface area contributed by atoms with Crippen LogP contribution in [0, 0.1) is 0 Å². The van der Waals surface area contributed by atoms with Gasteiger partial charge in [0.05, 0.1) is 7.11 Å². The maximum Gasteiger partial charge on any atom is 0.256 e. The maximum atomic E-state index is 12.8. The Balaban J connectivity index is 1.57. The standard InChI is InChI=1S/C21H26N2O2S/c1-25-16-10-8-15(9-11-16)20(24)22-21-18(14-23-12-4-5-13-23)17-6-2-3-7-19(17)26-21/h8-11H,2-7,12-14H2,1H3,(H,22,24). The van der Waals surface area contributed by atoms with Gasteiger partial charge in [-0.1, -0.05) is 0 Å². The first kappa shape index (κ1) is 17.6. The van der Waals surface area contributed by atoms with E-state index in [-0.39, 0.29) is 5.91 Å². The molecule has 0 bridgehead atoms. The second-order valence-corrected chi connectivity index (χ2v) is 8.29. The first-order valence-electron chi connectivity index (χ1n) is 9.56. The molecule has 0 atom stereocenters. The molecule has 2 aliphatic rings. The third-order valence-corrected chi connectivity index (χ3v) is 6.69. The molecule has 2 heterocycles. The van der Waals surface area contributed by atoms with Gasteiger partial charge >= 0.3 is 0 Å². The van der Waals surface area contributed by atoms with Crippen molar-refractivity contribution in [3.05, 3.63) is 45.8 Å². The van der Waals surface area contributed by atoms with Crippen LogP contribution in [-0.4, -0.2) is 31.0 Å². The monoisotopic (exact) mass is 370 g/mol. The fourth-order valence-electron chi connectivity index (χ4n) is 3.98. The Morgan fingerprint density at radius 1 is 1.12 bits per heavy atom. The summed E-state index contributed by atoms with van der Waals surface area (Å²) in [6.45, 7) is 3.33. The topological polar surface area (TPSA) is 41.6 Å². The van der Waals surface area contributed by atoms with Gasteiger partial charge in [0.25, 0.3) is 5.91 Å². The molecule has 1 aromatic heterocycles. The molecule has 1 aliphatic heterocycles. The Hall–Kier alpha value is -1.85. The number of carbonyl (C=O) groups excluding carboxylic acids is 1. The number of likely N-dealkylation sites (tertiary alicyclic amines) is 1. The largest absolute Gasteiger partial charge is 0.497 e. The molecular formula is C21H26N2O2S. The summed E-state index contributed by atoms with van der Waals surface area (Å²) in [4.78, 5) is 16.8. The highest BCUT2D eigenvalue weighted by Crippen LogP contribution is 2.39. The van der Waals surface area contributed by atoms with Crippen molar-refractivity contribution in [3.63, 3.8) is 0 Å². The summed E-state index contributed by atoms with van der Waals surface area (Å²) in [5.74, 6) is 0.733. The lowest BCUT2D eigenvalue weighted by molar-refractivity contribution is 0.102. The van der Waals surface area contributed by atoms with Crippen molar-refractivity contribution in [1.29, 1.82) is 0 Å². The van der Waals surface area contributed by atoms with Crippen molar-refractivity contribution >= 4 is 22.2 Å². The summed E-state index contributed by atoms with van der Waals surface area (Å²) in [5, 5.41) is 4.27. The highest BCUT2D eigenvalue weighted by atomic mass is 32.1. The summed E-state index contributed by atoms with van der Waals surface area (Å²) >= 11 is 1.79. The Bertz CT molecular complexity index is 776. The molecule has 1 amide bonds. The number of amides is 1. The lowest BCUT2D eigenvalue weighted by Gasteiger charge is -2.19. The van der Waals surface area contributed by atoms with E-state index in [1.807, 2.05) is 24.3 Å². The number of thiophene rings is 1. The highest BCUT2D eigenvalue weighted by molar-refractivity contribution is 7.16. The van der Waals surface area contributed by atoms with E-state index in [0.717, 1.165) is 30.1 Å². The third-order valence-electron chi connectivity index (χ3n) is 5.44. The van der Waals surface area contributed by atoms with Crippen molar-refractivity contribution in [2.24, 2.45) is 0 Å². The molecule has 26 heavy (non-hydrogen) atoms. The highest BCUT2D eigenvalue weighted by Gasteiger charge is 2.24. The van der Waals surface area contributed by atoms with Gasteiger partial charge in [-0.25, -0.2) is 0 Å². The molecule has 4 nitrogen and oxygen atoms in total. The number of nitrogens with one attached hydrogen (secondary N) is 1. The fourth-order valence-corrected chi connectivity index (χ4v) is 5.28. The predicted octanol–water partition coefficient (Wildman–Crippen LogP) is 4.48. The number of nitrogens with zero attached hydrogens (tertiary/aromatic N) is 1. The number of carbonyl (C=O) groups is 1. The summed E-state index contributed by atoms with van der Waals surface area (Å²) in [6.07, 6.45) is 7.43. The van der Waals surface area contributed by atoms with Crippen LogP contribution in [0.15, 0.2) is 24.3 Å². The summed E-state index contributed by atoms with van der Waals surface area (Å²) in [7, 11) is 1.63. The number of methoxy groups -OCH3 is 1. The van der Waals surface area contributed by atoms with E-state index in [4.69, 9.17) is 4.74 Å². The van der Waals surface area contributed by atoms with Gasteiger partial charge in [-0.2, -0.15) is 0 Å². The zero-order chi connectivity index (χ0) is 17.9. The lowest BCUT2D eigenvalue weighted by atomic mass is 9.95. The number of fused-ring (bicyclic) bond motifs is 1. The van der Waals surface area contributed by atoms with Crippen LogP contribution in [0.1, 0.15) is 52.0 Å². The molecule has 0 radical (unpaired) electrons. The fraction of sp³-hybridized carbons (Fsp3) is 0.476. The first-order valence-corrected chi connectivity index (χ1v) is 10.4. The summed E-state index contributed by atoms with van der Waals surface area (Å²) in [5.41, 5.74) is 3.55. The average Bonchev–Trinajstić information content (AvgIpc) is 3.31. The maximum absolute atomic E-state index is 12.8. The number of benzene rings is 1. The van der Waals surface area contributed by atoms with Crippen LogP contribution in [0.4, 0.5) is 5.00 Å². The van der Waals surface area contributed by atoms with E-state index < -0.39 is 0 Å². The van der Waals surface area contributed by atoms with Crippen LogP contribution < -0.4 is 10.1 Å². The Morgan fingerprint density at radius 3 is 2.58 bits per heavy atom. The molecule has 1 fully saturated rings. The molecule has 0 spiro atoms.